The topological polar surface area (TPSA) is 153 Å². The van der Waals surface area contributed by atoms with Crippen LogP contribution in [0.4, 0.5) is 17.3 Å². The Kier molecular flexibility index (Phi) is 7.04. The summed E-state index contributed by atoms with van der Waals surface area (Å²) >= 11 is 0. The number of carbonyl (C=O) groups is 1. The zero-order chi connectivity index (χ0) is 23.5. The number of nitrogens with zero attached hydrogens (tertiary/aromatic N) is 2. The van der Waals surface area contributed by atoms with Crippen LogP contribution in [-0.2, 0) is 16.3 Å². The van der Waals surface area contributed by atoms with Gasteiger partial charge < -0.3 is 22.1 Å². The van der Waals surface area contributed by atoms with Crippen LogP contribution in [0.15, 0.2) is 29.2 Å². The van der Waals surface area contributed by atoms with E-state index in [4.69, 9.17) is 11.5 Å². The van der Waals surface area contributed by atoms with E-state index < -0.39 is 15.7 Å². The molecular weight excluding hydrogens is 428 g/mol. The highest BCUT2D eigenvalue weighted by Crippen LogP contribution is 2.30. The second kappa shape index (κ2) is 9.41. The van der Waals surface area contributed by atoms with E-state index in [1.165, 1.54) is 12.1 Å². The van der Waals surface area contributed by atoms with Crippen LogP contribution in [0.25, 0.3) is 0 Å². The van der Waals surface area contributed by atoms with Gasteiger partial charge in [0, 0.05) is 23.5 Å². The zero-order valence-corrected chi connectivity index (χ0v) is 19.6. The minimum atomic E-state index is -3.39. The first-order valence-electron chi connectivity index (χ1n) is 10.8. The average molecular weight is 461 g/mol. The van der Waals surface area contributed by atoms with E-state index in [1.807, 2.05) is 6.92 Å². The second-order valence-electron chi connectivity index (χ2n) is 8.83. The molecule has 1 aliphatic rings. The minimum absolute atomic E-state index is 0.0157. The number of nitrogens with two attached hydrogens (primary N) is 2. The van der Waals surface area contributed by atoms with Gasteiger partial charge in [-0.2, -0.15) is 0 Å². The van der Waals surface area contributed by atoms with Gasteiger partial charge in [-0.25, -0.2) is 18.4 Å². The quantitative estimate of drug-likeness (QED) is 0.469. The molecule has 10 heteroatoms. The van der Waals surface area contributed by atoms with Crippen molar-refractivity contribution in [2.24, 2.45) is 11.5 Å². The first-order chi connectivity index (χ1) is 15.0. The summed E-state index contributed by atoms with van der Waals surface area (Å²) in [4.78, 5) is 21.5. The number of amides is 1. The van der Waals surface area contributed by atoms with E-state index in [0.717, 1.165) is 38.4 Å². The van der Waals surface area contributed by atoms with Crippen molar-refractivity contribution in [3.63, 3.8) is 0 Å². The van der Waals surface area contributed by atoms with Crippen LogP contribution in [-0.4, -0.2) is 42.1 Å². The highest BCUT2D eigenvalue weighted by molar-refractivity contribution is 7.90. The molecule has 0 unspecified atom stereocenters. The van der Waals surface area contributed by atoms with Crippen LogP contribution in [0.3, 0.4) is 0 Å². The van der Waals surface area contributed by atoms with Gasteiger partial charge in [0.1, 0.15) is 0 Å². The number of benzene rings is 1. The number of aryl methyl sites for hydroxylation is 1. The van der Waals surface area contributed by atoms with Gasteiger partial charge in [-0.1, -0.05) is 19.4 Å². The Hall–Kier alpha value is -2.72. The molecule has 1 fully saturated rings. The molecule has 2 aromatic rings. The monoisotopic (exact) mass is 460 g/mol. The van der Waals surface area contributed by atoms with Crippen molar-refractivity contribution in [2.45, 2.75) is 68.8 Å². The summed E-state index contributed by atoms with van der Waals surface area (Å²) in [6.07, 6.45) is 6.25. The van der Waals surface area contributed by atoms with Gasteiger partial charge >= 0.3 is 0 Å². The van der Waals surface area contributed by atoms with E-state index in [2.05, 4.69) is 27.5 Å². The van der Waals surface area contributed by atoms with Gasteiger partial charge in [-0.3, -0.25) is 4.79 Å². The van der Waals surface area contributed by atoms with Gasteiger partial charge in [0.05, 0.1) is 10.6 Å². The molecule has 0 aliphatic heterocycles. The summed E-state index contributed by atoms with van der Waals surface area (Å²) in [5.74, 6) is 0.0777. The average Bonchev–Trinajstić information content (AvgIpc) is 2.71. The smallest absolute Gasteiger partial charge is 0.271 e. The molecule has 0 bridgehead atoms. The molecule has 3 rings (SSSR count). The molecule has 0 radical (unpaired) electrons. The lowest BCUT2D eigenvalue weighted by Gasteiger charge is -2.35. The number of hydrogen-bond acceptors (Lipinski definition) is 8. The van der Waals surface area contributed by atoms with Crippen LogP contribution in [0.2, 0.25) is 0 Å². The molecule has 32 heavy (non-hydrogen) atoms. The maximum absolute atomic E-state index is 12.1. The normalized spacial score (nSPS) is 21.2. The summed E-state index contributed by atoms with van der Waals surface area (Å²) in [6, 6.07) is 6.51. The van der Waals surface area contributed by atoms with E-state index in [1.54, 1.807) is 12.1 Å². The number of primary amides is 1. The van der Waals surface area contributed by atoms with Gasteiger partial charge in [0.25, 0.3) is 5.91 Å². The fourth-order valence-corrected chi connectivity index (χ4v) is 4.48. The first kappa shape index (κ1) is 23.9. The van der Waals surface area contributed by atoms with Gasteiger partial charge in [0.15, 0.2) is 27.2 Å². The number of aromatic nitrogens is 2. The standard InChI is InChI=1S/C22H32N6O3S/c1-4-6-17-20(25-14-9-11-22(2,24)12-10-14)28-21(18(27-17)19(23)29)26-15-7-5-8-16(13-15)32(3,30)31/h5,7-8,13-14H,4,6,9-12,24H2,1-3H3,(H2,23,29)(H2,25,26,28). The van der Waals surface area contributed by atoms with Crippen molar-refractivity contribution >= 4 is 33.1 Å². The van der Waals surface area contributed by atoms with Gasteiger partial charge in [-0.15, -0.1) is 0 Å². The molecule has 1 amide bonds. The first-order valence-corrected chi connectivity index (χ1v) is 12.7. The predicted octanol–water partition coefficient (Wildman–Crippen LogP) is 2.75. The fraction of sp³-hybridized carbons (Fsp3) is 0.500. The molecule has 174 valence electrons. The van der Waals surface area contributed by atoms with Crippen molar-refractivity contribution in [3.8, 4) is 0 Å². The second-order valence-corrected chi connectivity index (χ2v) is 10.8. The Morgan fingerprint density at radius 2 is 1.91 bits per heavy atom. The van der Waals surface area contributed by atoms with Crippen LogP contribution < -0.4 is 22.1 Å². The molecule has 1 saturated carbocycles. The van der Waals surface area contributed by atoms with E-state index in [0.29, 0.717) is 23.6 Å². The highest BCUT2D eigenvalue weighted by atomic mass is 32.2. The largest absolute Gasteiger partial charge is 0.366 e. The number of rotatable bonds is 8. The number of anilines is 3. The third-order valence-electron chi connectivity index (χ3n) is 5.68. The maximum atomic E-state index is 12.1. The van der Waals surface area contributed by atoms with Crippen molar-refractivity contribution in [1.82, 2.24) is 9.97 Å². The van der Waals surface area contributed by atoms with Gasteiger partial charge in [-0.05, 0) is 57.2 Å². The lowest BCUT2D eigenvalue weighted by atomic mass is 9.81. The van der Waals surface area contributed by atoms with Crippen LogP contribution in [0.5, 0.6) is 0 Å². The van der Waals surface area contributed by atoms with Crippen LogP contribution >= 0.6 is 0 Å². The van der Waals surface area contributed by atoms with Crippen LogP contribution in [0, 0.1) is 0 Å². The van der Waals surface area contributed by atoms with Crippen molar-refractivity contribution < 1.29 is 13.2 Å². The molecule has 1 aromatic heterocycles. The van der Waals surface area contributed by atoms with E-state index in [9.17, 15) is 13.2 Å². The van der Waals surface area contributed by atoms with Crippen molar-refractivity contribution in [2.75, 3.05) is 16.9 Å². The molecule has 1 heterocycles. The Morgan fingerprint density at radius 1 is 1.22 bits per heavy atom. The summed E-state index contributed by atoms with van der Waals surface area (Å²) in [7, 11) is -3.39. The minimum Gasteiger partial charge on any atom is -0.366 e. The van der Waals surface area contributed by atoms with E-state index >= 15 is 0 Å². The summed E-state index contributed by atoms with van der Waals surface area (Å²) in [6.45, 7) is 4.10. The predicted molar refractivity (Wildman–Crippen MR) is 126 cm³/mol. The number of sulfone groups is 1. The molecule has 9 nitrogen and oxygen atoms in total. The maximum Gasteiger partial charge on any atom is 0.271 e. The molecule has 1 aliphatic carbocycles. The fourth-order valence-electron chi connectivity index (χ4n) is 3.81. The Bertz CT molecular complexity index is 1090. The van der Waals surface area contributed by atoms with Gasteiger partial charge in [0.2, 0.25) is 0 Å². The molecule has 0 spiro atoms. The highest BCUT2D eigenvalue weighted by Gasteiger charge is 2.28. The van der Waals surface area contributed by atoms with Crippen molar-refractivity contribution in [3.05, 3.63) is 35.7 Å². The van der Waals surface area contributed by atoms with Crippen molar-refractivity contribution in [1.29, 1.82) is 0 Å². The van der Waals surface area contributed by atoms with Crippen LogP contribution in [0.1, 0.15) is 62.1 Å². The van der Waals surface area contributed by atoms with E-state index in [-0.39, 0.29) is 28.0 Å². The number of carbonyl (C=O) groups excluding carboxylic acids is 1. The third-order valence-corrected chi connectivity index (χ3v) is 6.79. The summed E-state index contributed by atoms with van der Waals surface area (Å²) in [5, 5.41) is 6.51. The molecule has 1 aromatic carbocycles. The molecule has 0 atom stereocenters. The molecule has 0 saturated heterocycles. The SMILES string of the molecule is CCCc1nc(C(N)=O)c(Nc2cccc(S(C)(=O)=O)c2)nc1NC1CCC(C)(N)CC1. The Labute approximate surface area is 189 Å². The zero-order valence-electron chi connectivity index (χ0n) is 18.8. The summed E-state index contributed by atoms with van der Waals surface area (Å²) in [5.41, 5.74) is 12.9. The third kappa shape index (κ3) is 5.95. The molecule has 6 N–H and O–H groups in total. The number of nitrogens with one attached hydrogen (secondary N) is 2. The lowest BCUT2D eigenvalue weighted by Crippen LogP contribution is -2.43. The Morgan fingerprint density at radius 3 is 2.50 bits per heavy atom. The molecular formula is C22H32N6O3S. The lowest BCUT2D eigenvalue weighted by molar-refractivity contribution is 0.0996. The Balaban J connectivity index is 1.96. The summed E-state index contributed by atoms with van der Waals surface area (Å²) < 4.78 is 23.8. The number of hydrogen-bond donors (Lipinski definition) is 4.